The van der Waals surface area contributed by atoms with E-state index in [1.165, 1.54) is 7.11 Å². The molecule has 30 heavy (non-hydrogen) atoms. The van der Waals surface area contributed by atoms with Crippen LogP contribution in [0.1, 0.15) is 30.4 Å². The molecule has 3 atom stereocenters. The zero-order chi connectivity index (χ0) is 21.3. The van der Waals surface area contributed by atoms with Gasteiger partial charge in [0, 0.05) is 27.6 Å². The molecule has 2 heterocycles. The number of hydrogen-bond acceptors (Lipinski definition) is 6. The summed E-state index contributed by atoms with van der Waals surface area (Å²) in [6.07, 6.45) is 0.569. The first-order chi connectivity index (χ1) is 14.5. The zero-order valence-corrected chi connectivity index (χ0v) is 16.7. The average Bonchev–Trinajstić information content (AvgIpc) is 3.16. The van der Waals surface area contributed by atoms with Gasteiger partial charge < -0.3 is 19.2 Å². The number of aromatic amines is 1. The fourth-order valence-electron chi connectivity index (χ4n) is 4.19. The molecule has 2 aromatic carbocycles. The summed E-state index contributed by atoms with van der Waals surface area (Å²) in [7, 11) is 1.51. The summed E-state index contributed by atoms with van der Waals surface area (Å²) in [5, 5.41) is 13.1. The standard InChI is InChI=1S/C22H22N2O6/c1-3-29-19(25)11-18-21(24(26)27)20(14-8-6-10-17(28-2)22(14)30-18)15-12-23-16-9-5-4-7-13(15)16/h4-10,12,18,20-21,23H,3,11H2,1-2H3/t18-,20+,21-/m0/s1. The molecule has 3 aromatic rings. The quantitative estimate of drug-likeness (QED) is 0.378. The van der Waals surface area contributed by atoms with E-state index in [-0.39, 0.29) is 18.0 Å². The molecule has 8 nitrogen and oxygen atoms in total. The number of methoxy groups -OCH3 is 1. The number of hydrogen-bond donors (Lipinski definition) is 1. The topological polar surface area (TPSA) is 104 Å². The molecule has 0 saturated heterocycles. The molecular formula is C22H22N2O6. The van der Waals surface area contributed by atoms with Crippen molar-refractivity contribution >= 4 is 16.9 Å². The molecule has 156 valence electrons. The highest BCUT2D eigenvalue weighted by Crippen LogP contribution is 2.48. The molecule has 0 spiro atoms. The summed E-state index contributed by atoms with van der Waals surface area (Å²) in [5.74, 6) is -0.282. The lowest BCUT2D eigenvalue weighted by atomic mass is 9.79. The van der Waals surface area contributed by atoms with Crippen LogP contribution in [0.4, 0.5) is 0 Å². The largest absolute Gasteiger partial charge is 0.493 e. The maximum atomic E-state index is 12.2. The number of para-hydroxylation sites is 2. The van der Waals surface area contributed by atoms with E-state index >= 15 is 0 Å². The molecule has 0 saturated carbocycles. The Balaban J connectivity index is 1.90. The molecule has 0 fully saturated rings. The summed E-state index contributed by atoms with van der Waals surface area (Å²) in [6.45, 7) is 1.89. The second kappa shape index (κ2) is 8.06. The van der Waals surface area contributed by atoms with Crippen LogP contribution in [-0.2, 0) is 9.53 Å². The monoisotopic (exact) mass is 410 g/mol. The summed E-state index contributed by atoms with van der Waals surface area (Å²) in [5.41, 5.74) is 2.31. The third kappa shape index (κ3) is 3.34. The summed E-state index contributed by atoms with van der Waals surface area (Å²) in [6, 6.07) is 11.8. The van der Waals surface area contributed by atoms with Crippen molar-refractivity contribution in [2.24, 2.45) is 0 Å². The van der Waals surface area contributed by atoms with Gasteiger partial charge in [0.1, 0.15) is 0 Å². The minimum atomic E-state index is -1.17. The predicted octanol–water partition coefficient (Wildman–Crippen LogP) is 3.67. The first-order valence-corrected chi connectivity index (χ1v) is 9.73. The highest BCUT2D eigenvalue weighted by atomic mass is 16.6. The van der Waals surface area contributed by atoms with Crippen LogP contribution >= 0.6 is 0 Å². The van der Waals surface area contributed by atoms with Crippen molar-refractivity contribution in [1.82, 2.24) is 4.98 Å². The number of nitrogens with one attached hydrogen (secondary N) is 1. The van der Waals surface area contributed by atoms with Gasteiger partial charge >= 0.3 is 5.97 Å². The number of carbonyl (C=O) groups is 1. The molecule has 0 bridgehead atoms. The van der Waals surface area contributed by atoms with E-state index in [0.717, 1.165) is 16.5 Å². The van der Waals surface area contributed by atoms with Gasteiger partial charge in [0.15, 0.2) is 17.6 Å². The number of H-pyrrole nitrogens is 1. The molecule has 0 unspecified atom stereocenters. The molecule has 4 rings (SSSR count). The van der Waals surface area contributed by atoms with Gasteiger partial charge in [0.2, 0.25) is 0 Å². The van der Waals surface area contributed by atoms with Crippen molar-refractivity contribution in [2.45, 2.75) is 31.4 Å². The summed E-state index contributed by atoms with van der Waals surface area (Å²) < 4.78 is 16.5. The van der Waals surface area contributed by atoms with Gasteiger partial charge in [-0.2, -0.15) is 0 Å². The van der Waals surface area contributed by atoms with Gasteiger partial charge in [-0.1, -0.05) is 30.3 Å². The van der Waals surface area contributed by atoms with E-state index in [0.29, 0.717) is 17.1 Å². The van der Waals surface area contributed by atoms with Crippen molar-refractivity contribution in [3.8, 4) is 11.5 Å². The number of fused-ring (bicyclic) bond motifs is 2. The van der Waals surface area contributed by atoms with E-state index in [1.54, 1.807) is 31.3 Å². The van der Waals surface area contributed by atoms with E-state index < -0.39 is 24.0 Å². The van der Waals surface area contributed by atoms with Gasteiger partial charge in [-0.3, -0.25) is 14.9 Å². The first-order valence-electron chi connectivity index (χ1n) is 9.73. The molecule has 0 radical (unpaired) electrons. The maximum absolute atomic E-state index is 12.2. The Labute approximate surface area is 172 Å². The van der Waals surface area contributed by atoms with Crippen molar-refractivity contribution in [3.63, 3.8) is 0 Å². The molecule has 0 aliphatic carbocycles. The van der Waals surface area contributed by atoms with Crippen LogP contribution in [0, 0.1) is 10.1 Å². The average molecular weight is 410 g/mol. The van der Waals surface area contributed by atoms with Gasteiger partial charge in [0.05, 0.1) is 26.1 Å². The van der Waals surface area contributed by atoms with Crippen LogP contribution in [0.2, 0.25) is 0 Å². The van der Waals surface area contributed by atoms with Crippen LogP contribution in [0.5, 0.6) is 11.5 Å². The normalized spacial score (nSPS) is 20.3. The number of ether oxygens (including phenoxy) is 3. The molecule has 1 aliphatic heterocycles. The lowest BCUT2D eigenvalue weighted by Gasteiger charge is -2.34. The van der Waals surface area contributed by atoms with E-state index in [4.69, 9.17) is 14.2 Å². The Morgan fingerprint density at radius 1 is 1.20 bits per heavy atom. The molecule has 8 heteroatoms. The summed E-state index contributed by atoms with van der Waals surface area (Å²) in [4.78, 5) is 27.3. The minimum Gasteiger partial charge on any atom is -0.493 e. The number of carbonyl (C=O) groups excluding carboxylic acids is 1. The molecule has 1 aromatic heterocycles. The fraction of sp³-hybridized carbons (Fsp3) is 0.318. The number of esters is 1. The Bertz CT molecular complexity index is 1090. The Morgan fingerprint density at radius 2 is 2.00 bits per heavy atom. The van der Waals surface area contributed by atoms with Crippen LogP contribution in [0.15, 0.2) is 48.7 Å². The number of nitro groups is 1. The SMILES string of the molecule is CCOC(=O)C[C@@H]1Oc2c(OC)cccc2[C@H](c2c[nH]c3ccccc23)[C@H]1[N+](=O)[O-]. The Hall–Kier alpha value is -3.55. The summed E-state index contributed by atoms with van der Waals surface area (Å²) >= 11 is 0. The smallest absolute Gasteiger partial charge is 0.309 e. The van der Waals surface area contributed by atoms with Crippen molar-refractivity contribution in [3.05, 3.63) is 69.9 Å². The number of rotatable bonds is 6. The lowest BCUT2D eigenvalue weighted by Crippen LogP contribution is -2.47. The lowest BCUT2D eigenvalue weighted by molar-refractivity contribution is -0.537. The van der Waals surface area contributed by atoms with Crippen molar-refractivity contribution < 1.29 is 23.9 Å². The fourth-order valence-corrected chi connectivity index (χ4v) is 4.19. The molecule has 1 N–H and O–H groups in total. The first kappa shape index (κ1) is 19.8. The predicted molar refractivity (Wildman–Crippen MR) is 110 cm³/mol. The maximum Gasteiger partial charge on any atom is 0.309 e. The number of aromatic nitrogens is 1. The number of benzene rings is 2. The molecule has 0 amide bonds. The van der Waals surface area contributed by atoms with Crippen LogP contribution in [0.25, 0.3) is 10.9 Å². The third-order valence-corrected chi connectivity index (χ3v) is 5.43. The van der Waals surface area contributed by atoms with Crippen LogP contribution in [-0.4, -0.2) is 41.7 Å². The zero-order valence-electron chi connectivity index (χ0n) is 16.7. The Morgan fingerprint density at radius 3 is 2.73 bits per heavy atom. The number of nitrogens with zero attached hydrogens (tertiary/aromatic N) is 1. The van der Waals surface area contributed by atoms with Crippen molar-refractivity contribution in [2.75, 3.05) is 13.7 Å². The molecular weight excluding hydrogens is 388 g/mol. The van der Waals surface area contributed by atoms with E-state index in [1.807, 2.05) is 24.3 Å². The van der Waals surface area contributed by atoms with Gasteiger partial charge in [-0.05, 0) is 24.6 Å². The minimum absolute atomic E-state index is 0.195. The Kier molecular flexibility index (Phi) is 5.31. The molecule has 1 aliphatic rings. The van der Waals surface area contributed by atoms with Crippen LogP contribution in [0.3, 0.4) is 0 Å². The van der Waals surface area contributed by atoms with E-state index in [9.17, 15) is 14.9 Å². The van der Waals surface area contributed by atoms with Crippen LogP contribution < -0.4 is 9.47 Å². The van der Waals surface area contributed by atoms with Gasteiger partial charge in [-0.15, -0.1) is 0 Å². The third-order valence-electron chi connectivity index (χ3n) is 5.43. The van der Waals surface area contributed by atoms with E-state index in [2.05, 4.69) is 4.98 Å². The van der Waals surface area contributed by atoms with Gasteiger partial charge in [0.25, 0.3) is 6.04 Å². The van der Waals surface area contributed by atoms with Gasteiger partial charge in [-0.25, -0.2) is 0 Å². The highest BCUT2D eigenvalue weighted by molar-refractivity contribution is 5.84. The highest BCUT2D eigenvalue weighted by Gasteiger charge is 2.49. The second-order valence-corrected chi connectivity index (χ2v) is 7.09. The van der Waals surface area contributed by atoms with Crippen molar-refractivity contribution in [1.29, 1.82) is 0 Å². The second-order valence-electron chi connectivity index (χ2n) is 7.09.